The second-order valence-electron chi connectivity index (χ2n) is 4.29. The van der Waals surface area contributed by atoms with Crippen molar-refractivity contribution >= 4 is 0 Å². The summed E-state index contributed by atoms with van der Waals surface area (Å²) in [6.45, 7) is 0. The van der Waals surface area contributed by atoms with Gasteiger partial charge in [-0.2, -0.15) is 58.7 Å². The Morgan fingerprint density at radius 3 is 1.96 bits per heavy atom. The van der Waals surface area contributed by atoms with Gasteiger partial charge in [-0.3, -0.25) is 4.68 Å². The maximum Gasteiger partial charge on any atom is 2.00 e. The first-order valence-electron chi connectivity index (χ1n) is 6.72. The minimum absolute atomic E-state index is 0. The smallest absolute Gasteiger partial charge is 0.266 e. The number of nitrogens with zero attached hydrogens (tertiary/aromatic N) is 5. The molecule has 2 aromatic carbocycles. The van der Waals surface area contributed by atoms with Gasteiger partial charge in [0.15, 0.2) is 0 Å². The number of rotatable bonds is 2. The van der Waals surface area contributed by atoms with E-state index in [1.807, 2.05) is 60.8 Å². The van der Waals surface area contributed by atoms with Crippen molar-refractivity contribution in [2.45, 2.75) is 0 Å². The van der Waals surface area contributed by atoms with E-state index < -0.39 is 0 Å². The molecule has 6 heteroatoms. The van der Waals surface area contributed by atoms with E-state index in [9.17, 15) is 0 Å². The third-order valence-corrected chi connectivity index (χ3v) is 2.80. The van der Waals surface area contributed by atoms with Gasteiger partial charge in [0.25, 0.3) is 0 Å². The van der Waals surface area contributed by atoms with Gasteiger partial charge >= 0.3 is 21.1 Å². The van der Waals surface area contributed by atoms with Gasteiger partial charge in [-0.15, -0.1) is 12.1 Å². The van der Waals surface area contributed by atoms with Crippen LogP contribution in [0.3, 0.4) is 0 Å². The van der Waals surface area contributed by atoms with E-state index in [0.29, 0.717) is 0 Å². The molecule has 0 aliphatic heterocycles. The quantitative estimate of drug-likeness (QED) is 0.413. The third-order valence-electron chi connectivity index (χ3n) is 2.80. The Bertz CT molecular complexity index is 699. The molecule has 0 aliphatic carbocycles. The normalized spacial score (nSPS) is 9.39. The van der Waals surface area contributed by atoms with Crippen molar-refractivity contribution in [3.63, 3.8) is 0 Å². The molecule has 4 aromatic rings. The van der Waals surface area contributed by atoms with E-state index in [2.05, 4.69) is 27.3 Å². The molecule has 0 atom stereocenters. The van der Waals surface area contributed by atoms with Crippen LogP contribution < -0.4 is 0 Å². The van der Waals surface area contributed by atoms with Gasteiger partial charge in [-0.1, -0.05) is 0 Å². The first kappa shape index (κ1) is 16.8. The molecule has 23 heavy (non-hydrogen) atoms. The van der Waals surface area contributed by atoms with E-state index in [0.717, 1.165) is 11.4 Å². The van der Waals surface area contributed by atoms with Crippen LogP contribution >= 0.6 is 0 Å². The molecule has 0 saturated heterocycles. The van der Waals surface area contributed by atoms with Gasteiger partial charge in [0.2, 0.25) is 0 Å². The van der Waals surface area contributed by atoms with Crippen molar-refractivity contribution in [2.75, 3.05) is 0 Å². The molecule has 0 amide bonds. The van der Waals surface area contributed by atoms with Gasteiger partial charge in [-0.05, 0) is 17.4 Å². The van der Waals surface area contributed by atoms with Crippen molar-refractivity contribution < 1.29 is 21.1 Å². The molecular weight excluding hydrogens is 469 g/mol. The summed E-state index contributed by atoms with van der Waals surface area (Å²) in [5.74, 6) is 0. The molecule has 2 aromatic heterocycles. The Morgan fingerprint density at radius 1 is 0.783 bits per heavy atom. The molecule has 0 N–H and O–H groups in total. The topological polar surface area (TPSA) is 48.5 Å². The van der Waals surface area contributed by atoms with E-state index in [1.54, 1.807) is 21.9 Å². The van der Waals surface area contributed by atoms with Crippen molar-refractivity contribution in [3.8, 4) is 11.4 Å². The Labute approximate surface area is 148 Å². The average Bonchev–Trinajstić information content (AvgIpc) is 3.31. The molecule has 0 saturated carbocycles. The molecule has 2 heterocycles. The Balaban J connectivity index is 0.000000160. The van der Waals surface area contributed by atoms with Gasteiger partial charge in [0, 0.05) is 12.4 Å². The molecule has 0 fully saturated rings. The molecule has 0 bridgehead atoms. The van der Waals surface area contributed by atoms with Gasteiger partial charge < -0.3 is 0 Å². The van der Waals surface area contributed by atoms with E-state index in [-0.39, 0.29) is 21.1 Å². The average molecular weight is 482 g/mol. The number of aromatic nitrogens is 5. The summed E-state index contributed by atoms with van der Waals surface area (Å²) in [6.07, 6.45) is 6.79. The molecule has 0 radical (unpaired) electrons. The number of para-hydroxylation sites is 2. The fraction of sp³-hybridized carbons (Fsp3) is 0. The zero-order chi connectivity index (χ0) is 15.0. The van der Waals surface area contributed by atoms with Crippen LogP contribution in [-0.2, 0) is 21.1 Å². The van der Waals surface area contributed by atoms with Crippen LogP contribution in [0.15, 0.2) is 79.6 Å². The van der Waals surface area contributed by atoms with Crippen molar-refractivity contribution in [2.24, 2.45) is 0 Å². The first-order valence-corrected chi connectivity index (χ1v) is 6.72. The van der Waals surface area contributed by atoms with Crippen LogP contribution in [0.4, 0.5) is 0 Å². The molecule has 0 unspecified atom stereocenters. The largest absolute Gasteiger partial charge is 2.00 e. The second kappa shape index (κ2) is 8.81. The minimum Gasteiger partial charge on any atom is -0.266 e. The number of hydrogen-bond donors (Lipinski definition) is 0. The summed E-state index contributed by atoms with van der Waals surface area (Å²) >= 11 is 0. The van der Waals surface area contributed by atoms with Crippen LogP contribution in [0.1, 0.15) is 0 Å². The van der Waals surface area contributed by atoms with Gasteiger partial charge in [-0.25, -0.2) is 9.67 Å². The molecule has 4 rings (SSSR count). The van der Waals surface area contributed by atoms with Crippen molar-refractivity contribution in [1.82, 2.24) is 24.5 Å². The Hall–Kier alpha value is -2.52. The Morgan fingerprint density at radius 2 is 1.48 bits per heavy atom. The standard InChI is InChI=1S/C9H7N2.C8H6N3.Pt/c1-2-5-9(6-3-1)11-8-4-7-10-11;1-2-4-8(5-3-1)11-7-9-6-10-11;/h1-5,7-8H;1-4,6-7H;/q2*-1;+2. The van der Waals surface area contributed by atoms with Crippen molar-refractivity contribution in [3.05, 3.63) is 91.8 Å². The SMILES string of the molecule is [Pt+2].[c-]1ccccc1-n1cccn1.[c-]1ccccc1-n1cncn1. The van der Waals surface area contributed by atoms with E-state index in [4.69, 9.17) is 0 Å². The maximum absolute atomic E-state index is 4.07. The van der Waals surface area contributed by atoms with E-state index in [1.165, 1.54) is 6.33 Å². The van der Waals surface area contributed by atoms with Crippen LogP contribution in [-0.4, -0.2) is 24.5 Å². The van der Waals surface area contributed by atoms with Crippen LogP contribution in [0, 0.1) is 12.1 Å². The molecule has 5 nitrogen and oxygen atoms in total. The fourth-order valence-corrected chi connectivity index (χ4v) is 1.80. The van der Waals surface area contributed by atoms with Crippen LogP contribution in [0.2, 0.25) is 0 Å². The zero-order valence-corrected chi connectivity index (χ0v) is 14.3. The Kier molecular flexibility index (Phi) is 6.45. The van der Waals surface area contributed by atoms with E-state index >= 15 is 0 Å². The number of hydrogen-bond acceptors (Lipinski definition) is 3. The molecule has 0 aliphatic rings. The number of benzene rings is 2. The second-order valence-corrected chi connectivity index (χ2v) is 4.29. The summed E-state index contributed by atoms with van der Waals surface area (Å²) in [7, 11) is 0. The minimum atomic E-state index is 0. The van der Waals surface area contributed by atoms with Gasteiger partial charge in [0.1, 0.15) is 12.7 Å². The molecular formula is C17H13N5Pt. The molecule has 0 spiro atoms. The summed E-state index contributed by atoms with van der Waals surface area (Å²) in [6, 6.07) is 23.4. The fourth-order valence-electron chi connectivity index (χ4n) is 1.80. The molecule has 116 valence electrons. The van der Waals surface area contributed by atoms with Gasteiger partial charge in [0.05, 0.1) is 0 Å². The monoisotopic (exact) mass is 482 g/mol. The predicted octanol–water partition coefficient (Wildman–Crippen LogP) is 2.74. The van der Waals surface area contributed by atoms with Crippen LogP contribution in [0.5, 0.6) is 0 Å². The van der Waals surface area contributed by atoms with Crippen molar-refractivity contribution in [1.29, 1.82) is 0 Å². The summed E-state index contributed by atoms with van der Waals surface area (Å²) in [5, 5.41) is 8.03. The third kappa shape index (κ3) is 4.73. The summed E-state index contributed by atoms with van der Waals surface area (Å²) < 4.78 is 3.44. The summed E-state index contributed by atoms with van der Waals surface area (Å²) in [5.41, 5.74) is 1.88. The first-order chi connectivity index (χ1) is 10.9. The van der Waals surface area contributed by atoms with Crippen LogP contribution in [0.25, 0.3) is 11.4 Å². The zero-order valence-electron chi connectivity index (χ0n) is 12.1. The maximum atomic E-state index is 4.07. The predicted molar refractivity (Wildman–Crippen MR) is 82.6 cm³/mol. The summed E-state index contributed by atoms with van der Waals surface area (Å²) in [4.78, 5) is 3.83.